The van der Waals surface area contributed by atoms with Crippen LogP contribution in [0.25, 0.3) is 5.69 Å². The summed E-state index contributed by atoms with van der Waals surface area (Å²) in [4.78, 5) is 4.22. The standard InChI is InChI=1S/C23H21BrF4N4O4/c1-10-30-21(32(31-10)15-8-13(24)14(25)7-12(15)23(26,27)28)20-18(33)17(29)19-16(35-20)9-34-22(36-19)11-5-3-2-4-6-11/h2-8,16-20,22,33H,9,29H2,1H3. The third kappa shape index (κ3) is 4.55. The lowest BCUT2D eigenvalue weighted by atomic mass is 9.92. The predicted molar refractivity (Wildman–Crippen MR) is 120 cm³/mol. The minimum atomic E-state index is -4.89. The van der Waals surface area contributed by atoms with Crippen molar-refractivity contribution in [1.29, 1.82) is 0 Å². The number of aliphatic hydroxyl groups excluding tert-OH is 1. The molecule has 0 aliphatic carbocycles. The van der Waals surface area contributed by atoms with Gasteiger partial charge in [0.2, 0.25) is 0 Å². The van der Waals surface area contributed by atoms with Gasteiger partial charge in [0.05, 0.1) is 28.4 Å². The number of nitrogens with two attached hydrogens (primary N) is 1. The summed E-state index contributed by atoms with van der Waals surface area (Å²) in [5.74, 6) is -1.10. The molecule has 2 saturated heterocycles. The SMILES string of the molecule is Cc1nc(C2OC3COC(c4ccccc4)OC3C(N)C2O)n(-c2cc(Br)c(F)cc2C(F)(F)F)n1. The third-order valence-electron chi connectivity index (χ3n) is 6.10. The molecule has 2 aromatic carbocycles. The van der Waals surface area contributed by atoms with Gasteiger partial charge in [-0.15, -0.1) is 0 Å². The molecule has 6 atom stereocenters. The highest BCUT2D eigenvalue weighted by Gasteiger charge is 2.50. The van der Waals surface area contributed by atoms with Crippen LogP contribution < -0.4 is 5.73 Å². The molecule has 0 bridgehead atoms. The lowest BCUT2D eigenvalue weighted by Gasteiger charge is -2.46. The second kappa shape index (κ2) is 9.47. The number of nitrogens with zero attached hydrogens (tertiary/aromatic N) is 3. The number of aromatic nitrogens is 3. The number of fused-ring (bicyclic) bond motifs is 1. The Morgan fingerprint density at radius 3 is 2.58 bits per heavy atom. The fourth-order valence-corrected chi connectivity index (χ4v) is 4.73. The molecule has 3 aromatic rings. The van der Waals surface area contributed by atoms with Crippen LogP contribution in [0.5, 0.6) is 0 Å². The van der Waals surface area contributed by atoms with Gasteiger partial charge in [0, 0.05) is 5.56 Å². The Bertz CT molecular complexity index is 1260. The van der Waals surface area contributed by atoms with Crippen molar-refractivity contribution in [3.63, 3.8) is 0 Å². The first-order chi connectivity index (χ1) is 17.0. The number of ether oxygens (including phenoxy) is 3. The predicted octanol–water partition coefficient (Wildman–Crippen LogP) is 3.74. The summed E-state index contributed by atoms with van der Waals surface area (Å²) in [5, 5.41) is 15.1. The number of aryl methyl sites for hydroxylation is 1. The molecule has 192 valence electrons. The molecule has 6 unspecified atom stereocenters. The van der Waals surface area contributed by atoms with E-state index in [0.717, 1.165) is 16.3 Å². The van der Waals surface area contributed by atoms with E-state index < -0.39 is 60.0 Å². The lowest BCUT2D eigenvalue weighted by molar-refractivity contribution is -0.309. The van der Waals surface area contributed by atoms with Gasteiger partial charge in [-0.3, -0.25) is 0 Å². The van der Waals surface area contributed by atoms with Gasteiger partial charge in [-0.1, -0.05) is 30.3 Å². The summed E-state index contributed by atoms with van der Waals surface area (Å²) in [7, 11) is 0. The van der Waals surface area contributed by atoms with Crippen LogP contribution >= 0.6 is 15.9 Å². The van der Waals surface area contributed by atoms with Crippen LogP contribution in [0, 0.1) is 12.7 Å². The summed E-state index contributed by atoms with van der Waals surface area (Å²) in [6, 6.07) is 9.49. The quantitative estimate of drug-likeness (QED) is 0.461. The molecular weight excluding hydrogens is 552 g/mol. The minimum Gasteiger partial charge on any atom is -0.388 e. The van der Waals surface area contributed by atoms with Gasteiger partial charge >= 0.3 is 6.18 Å². The van der Waals surface area contributed by atoms with Crippen molar-refractivity contribution < 1.29 is 36.9 Å². The number of hydrogen-bond acceptors (Lipinski definition) is 7. The van der Waals surface area contributed by atoms with E-state index in [2.05, 4.69) is 26.0 Å². The van der Waals surface area contributed by atoms with Gasteiger partial charge in [0.15, 0.2) is 12.1 Å². The van der Waals surface area contributed by atoms with E-state index in [0.29, 0.717) is 6.07 Å². The van der Waals surface area contributed by atoms with E-state index in [9.17, 15) is 22.7 Å². The van der Waals surface area contributed by atoms with Crippen molar-refractivity contribution in [2.45, 2.75) is 49.8 Å². The average Bonchev–Trinajstić information content (AvgIpc) is 3.23. The molecule has 3 heterocycles. The summed E-state index contributed by atoms with van der Waals surface area (Å²) in [6.45, 7) is 1.53. The van der Waals surface area contributed by atoms with Crippen molar-refractivity contribution >= 4 is 15.9 Å². The number of hydrogen-bond donors (Lipinski definition) is 2. The molecule has 2 aliphatic heterocycles. The second-order valence-corrected chi connectivity index (χ2v) is 9.40. The van der Waals surface area contributed by atoms with Crippen LogP contribution in [0.4, 0.5) is 17.6 Å². The maximum Gasteiger partial charge on any atom is 0.418 e. The summed E-state index contributed by atoms with van der Waals surface area (Å²) in [5.41, 5.74) is 5.34. The van der Waals surface area contributed by atoms with E-state index >= 15 is 0 Å². The lowest BCUT2D eigenvalue weighted by Crippen LogP contribution is -2.62. The summed E-state index contributed by atoms with van der Waals surface area (Å²) in [6.07, 6.45) is -9.75. The van der Waals surface area contributed by atoms with Crippen molar-refractivity contribution in [3.05, 3.63) is 75.5 Å². The monoisotopic (exact) mass is 572 g/mol. The molecule has 2 fully saturated rings. The number of alkyl halides is 3. The van der Waals surface area contributed by atoms with E-state index in [4.69, 9.17) is 19.9 Å². The second-order valence-electron chi connectivity index (χ2n) is 8.55. The topological polar surface area (TPSA) is 105 Å². The van der Waals surface area contributed by atoms with Gasteiger partial charge < -0.3 is 25.1 Å². The molecule has 3 N–H and O–H groups in total. The van der Waals surface area contributed by atoms with Gasteiger partial charge in [-0.2, -0.15) is 18.3 Å². The van der Waals surface area contributed by atoms with Crippen molar-refractivity contribution in [2.24, 2.45) is 5.73 Å². The molecule has 0 saturated carbocycles. The zero-order valence-corrected chi connectivity index (χ0v) is 20.3. The van der Waals surface area contributed by atoms with Crippen LogP contribution in [0.2, 0.25) is 0 Å². The van der Waals surface area contributed by atoms with Crippen molar-refractivity contribution in [3.8, 4) is 5.69 Å². The molecule has 13 heteroatoms. The first kappa shape index (κ1) is 25.2. The number of aliphatic hydroxyl groups is 1. The molecule has 0 amide bonds. The minimum absolute atomic E-state index is 0.0597. The summed E-state index contributed by atoms with van der Waals surface area (Å²) >= 11 is 2.93. The largest absolute Gasteiger partial charge is 0.418 e. The molecule has 5 rings (SSSR count). The fraction of sp³-hybridized carbons (Fsp3) is 0.391. The first-order valence-electron chi connectivity index (χ1n) is 11.0. The van der Waals surface area contributed by atoms with Crippen LogP contribution in [-0.4, -0.2) is 50.8 Å². The molecule has 0 spiro atoms. The van der Waals surface area contributed by atoms with Gasteiger partial charge in [-0.25, -0.2) is 14.1 Å². The van der Waals surface area contributed by atoms with Crippen LogP contribution in [0.15, 0.2) is 46.9 Å². The Hall–Kier alpha value is -2.42. The molecule has 8 nitrogen and oxygen atoms in total. The highest BCUT2D eigenvalue weighted by molar-refractivity contribution is 9.10. The van der Waals surface area contributed by atoms with E-state index in [1.54, 1.807) is 0 Å². The van der Waals surface area contributed by atoms with Crippen LogP contribution in [0.3, 0.4) is 0 Å². The Kier molecular flexibility index (Phi) is 6.64. The Balaban J connectivity index is 1.49. The Morgan fingerprint density at radius 1 is 1.17 bits per heavy atom. The number of rotatable bonds is 3. The van der Waals surface area contributed by atoms with Gasteiger partial charge in [0.1, 0.15) is 36.1 Å². The molecule has 2 aliphatic rings. The Labute approximate surface area is 211 Å². The first-order valence-corrected chi connectivity index (χ1v) is 11.7. The zero-order valence-electron chi connectivity index (χ0n) is 18.7. The average molecular weight is 573 g/mol. The van der Waals surface area contributed by atoms with Crippen LogP contribution in [0.1, 0.15) is 35.2 Å². The van der Waals surface area contributed by atoms with Crippen molar-refractivity contribution in [2.75, 3.05) is 6.61 Å². The normalized spacial score (nSPS) is 28.7. The number of halogens is 5. The van der Waals surface area contributed by atoms with Crippen LogP contribution in [-0.2, 0) is 20.4 Å². The smallest absolute Gasteiger partial charge is 0.388 e. The van der Waals surface area contributed by atoms with E-state index in [1.165, 1.54) is 6.92 Å². The van der Waals surface area contributed by atoms with Crippen molar-refractivity contribution in [1.82, 2.24) is 14.8 Å². The van der Waals surface area contributed by atoms with E-state index in [-0.39, 0.29) is 22.7 Å². The maximum atomic E-state index is 14.0. The fourth-order valence-electron chi connectivity index (χ4n) is 4.40. The third-order valence-corrected chi connectivity index (χ3v) is 6.71. The van der Waals surface area contributed by atoms with Gasteiger partial charge in [0.25, 0.3) is 0 Å². The summed E-state index contributed by atoms with van der Waals surface area (Å²) < 4.78 is 73.9. The maximum absolute atomic E-state index is 14.0. The van der Waals surface area contributed by atoms with E-state index in [1.807, 2.05) is 30.3 Å². The Morgan fingerprint density at radius 2 is 1.89 bits per heavy atom. The zero-order chi connectivity index (χ0) is 25.8. The molecule has 36 heavy (non-hydrogen) atoms. The molecule has 0 radical (unpaired) electrons. The van der Waals surface area contributed by atoms with Gasteiger partial charge in [-0.05, 0) is 35.0 Å². The highest BCUT2D eigenvalue weighted by atomic mass is 79.9. The number of benzene rings is 2. The molecular formula is C23H21BrF4N4O4. The highest BCUT2D eigenvalue weighted by Crippen LogP contribution is 2.41. The molecule has 1 aromatic heterocycles.